The smallest absolute Gasteiger partial charge is 0.227 e. The number of aromatic nitrogens is 3. The summed E-state index contributed by atoms with van der Waals surface area (Å²) in [6.07, 6.45) is 13.7. The van der Waals surface area contributed by atoms with Gasteiger partial charge in [0.15, 0.2) is 0 Å². The maximum absolute atomic E-state index is 12.5. The number of pyridine rings is 1. The first-order valence-electron chi connectivity index (χ1n) is 9.44. The first-order chi connectivity index (χ1) is 12.2. The number of carbonyl (C=O) groups is 1. The average molecular weight is 340 g/mol. The van der Waals surface area contributed by atoms with E-state index in [4.69, 9.17) is 0 Å². The molecule has 0 spiro atoms. The van der Waals surface area contributed by atoms with Crippen LogP contribution in [0.4, 0.5) is 5.69 Å². The van der Waals surface area contributed by atoms with Crippen molar-refractivity contribution in [1.82, 2.24) is 14.5 Å². The van der Waals surface area contributed by atoms with Crippen molar-refractivity contribution < 1.29 is 4.79 Å². The molecule has 0 atom stereocenters. The fourth-order valence-electron chi connectivity index (χ4n) is 3.67. The molecule has 134 valence electrons. The van der Waals surface area contributed by atoms with Gasteiger partial charge in [0.05, 0.1) is 11.9 Å². The van der Waals surface area contributed by atoms with Crippen molar-refractivity contribution in [3.63, 3.8) is 0 Å². The molecular formula is C20H28N4O. The maximum Gasteiger partial charge on any atom is 0.227 e. The lowest BCUT2D eigenvalue weighted by atomic mass is 9.79. The lowest BCUT2D eigenvalue weighted by Crippen LogP contribution is -2.27. The molecule has 0 aliphatic heterocycles. The summed E-state index contributed by atoms with van der Waals surface area (Å²) in [4.78, 5) is 21.1. The molecule has 1 fully saturated rings. The number of rotatable bonds is 6. The quantitative estimate of drug-likeness (QED) is 0.841. The maximum atomic E-state index is 12.5. The van der Waals surface area contributed by atoms with Gasteiger partial charge in [0.2, 0.25) is 5.91 Å². The van der Waals surface area contributed by atoms with Crippen molar-refractivity contribution in [3.8, 4) is 5.82 Å². The van der Waals surface area contributed by atoms with E-state index < -0.39 is 0 Å². The van der Waals surface area contributed by atoms with Crippen molar-refractivity contribution in [2.45, 2.75) is 58.8 Å². The Balaban J connectivity index is 1.52. The van der Waals surface area contributed by atoms with Gasteiger partial charge in [-0.1, -0.05) is 26.2 Å². The largest absolute Gasteiger partial charge is 0.324 e. The van der Waals surface area contributed by atoms with E-state index in [1.54, 1.807) is 12.4 Å². The van der Waals surface area contributed by atoms with Gasteiger partial charge in [0.25, 0.3) is 0 Å². The number of amides is 1. The molecule has 0 radical (unpaired) electrons. The molecule has 1 amide bonds. The molecule has 1 saturated carbocycles. The Morgan fingerprint density at radius 2 is 2.04 bits per heavy atom. The van der Waals surface area contributed by atoms with Gasteiger partial charge in [-0.05, 0) is 50.7 Å². The van der Waals surface area contributed by atoms with Gasteiger partial charge < -0.3 is 5.32 Å². The molecule has 0 bridgehead atoms. The SMILES string of the molecule is CCCCC1CCC(C(=O)Nc2ccc(-n3ccnc3C)nc2)CC1. The molecule has 5 nitrogen and oxygen atoms in total. The van der Waals surface area contributed by atoms with Crippen LogP contribution >= 0.6 is 0 Å². The molecular weight excluding hydrogens is 312 g/mol. The molecule has 2 aromatic heterocycles. The van der Waals surface area contributed by atoms with Gasteiger partial charge in [0, 0.05) is 18.3 Å². The molecule has 1 aliphatic carbocycles. The van der Waals surface area contributed by atoms with Crippen LogP contribution in [0.2, 0.25) is 0 Å². The lowest BCUT2D eigenvalue weighted by Gasteiger charge is -2.27. The summed E-state index contributed by atoms with van der Waals surface area (Å²) in [5.74, 6) is 2.81. The molecule has 0 unspecified atom stereocenters. The van der Waals surface area contributed by atoms with Crippen LogP contribution in [0, 0.1) is 18.8 Å². The Hall–Kier alpha value is -2.17. The molecule has 5 heteroatoms. The van der Waals surface area contributed by atoms with Crippen molar-refractivity contribution in [2.24, 2.45) is 11.8 Å². The van der Waals surface area contributed by atoms with Gasteiger partial charge >= 0.3 is 0 Å². The molecule has 2 aromatic rings. The zero-order valence-corrected chi connectivity index (χ0v) is 15.2. The van der Waals surface area contributed by atoms with E-state index in [1.807, 2.05) is 29.8 Å². The predicted octanol–water partition coefficient (Wildman–Crippen LogP) is 4.51. The molecule has 2 heterocycles. The number of nitrogens with zero attached hydrogens (tertiary/aromatic N) is 3. The number of unbranched alkanes of at least 4 members (excludes halogenated alkanes) is 1. The second kappa shape index (κ2) is 8.28. The van der Waals surface area contributed by atoms with E-state index in [2.05, 4.69) is 22.2 Å². The van der Waals surface area contributed by atoms with Gasteiger partial charge in [0.1, 0.15) is 11.6 Å². The summed E-state index contributed by atoms with van der Waals surface area (Å²) in [5.41, 5.74) is 0.764. The number of nitrogens with one attached hydrogen (secondary N) is 1. The summed E-state index contributed by atoms with van der Waals surface area (Å²) in [7, 11) is 0. The number of hydrogen-bond donors (Lipinski definition) is 1. The molecule has 3 rings (SSSR count). The summed E-state index contributed by atoms with van der Waals surface area (Å²) in [5, 5.41) is 3.03. The van der Waals surface area contributed by atoms with Crippen LogP contribution in [0.1, 0.15) is 57.7 Å². The van der Waals surface area contributed by atoms with E-state index >= 15 is 0 Å². The number of anilines is 1. The van der Waals surface area contributed by atoms with Crippen LogP contribution in [-0.4, -0.2) is 20.4 Å². The van der Waals surface area contributed by atoms with E-state index in [1.165, 1.54) is 32.1 Å². The summed E-state index contributed by atoms with van der Waals surface area (Å²) in [6, 6.07) is 3.82. The highest BCUT2D eigenvalue weighted by Gasteiger charge is 2.26. The molecule has 0 aromatic carbocycles. The summed E-state index contributed by atoms with van der Waals surface area (Å²) < 4.78 is 1.92. The van der Waals surface area contributed by atoms with E-state index in [9.17, 15) is 4.79 Å². The zero-order valence-electron chi connectivity index (χ0n) is 15.2. The minimum Gasteiger partial charge on any atom is -0.324 e. The number of hydrogen-bond acceptors (Lipinski definition) is 3. The molecule has 1 N–H and O–H groups in total. The van der Waals surface area contributed by atoms with Crippen molar-refractivity contribution in [3.05, 3.63) is 36.5 Å². The van der Waals surface area contributed by atoms with Crippen molar-refractivity contribution in [2.75, 3.05) is 5.32 Å². The van der Waals surface area contributed by atoms with Crippen LogP contribution in [-0.2, 0) is 4.79 Å². The van der Waals surface area contributed by atoms with Crippen molar-refractivity contribution >= 4 is 11.6 Å². The van der Waals surface area contributed by atoms with E-state index in [0.29, 0.717) is 0 Å². The first-order valence-corrected chi connectivity index (χ1v) is 9.44. The van der Waals surface area contributed by atoms with Gasteiger partial charge in [-0.15, -0.1) is 0 Å². The van der Waals surface area contributed by atoms with Gasteiger partial charge in [-0.25, -0.2) is 9.97 Å². The highest BCUT2D eigenvalue weighted by Crippen LogP contribution is 2.32. The van der Waals surface area contributed by atoms with Crippen molar-refractivity contribution in [1.29, 1.82) is 0 Å². The topological polar surface area (TPSA) is 59.8 Å². The monoisotopic (exact) mass is 340 g/mol. The molecule has 1 aliphatic rings. The van der Waals surface area contributed by atoms with Gasteiger partial charge in [-0.3, -0.25) is 9.36 Å². The molecule has 0 saturated heterocycles. The summed E-state index contributed by atoms with van der Waals surface area (Å²) >= 11 is 0. The Morgan fingerprint density at radius 1 is 1.24 bits per heavy atom. The Bertz CT molecular complexity index is 684. The first kappa shape index (κ1) is 17.6. The average Bonchev–Trinajstić information content (AvgIpc) is 3.07. The highest BCUT2D eigenvalue weighted by atomic mass is 16.1. The number of carbonyl (C=O) groups excluding carboxylic acids is 1. The Labute approximate surface area is 149 Å². The predicted molar refractivity (Wildman–Crippen MR) is 99.7 cm³/mol. The third kappa shape index (κ3) is 4.47. The Morgan fingerprint density at radius 3 is 2.64 bits per heavy atom. The minimum atomic E-state index is 0.141. The standard InChI is InChI=1S/C20H28N4O/c1-3-4-5-16-6-8-17(9-7-16)20(25)23-18-10-11-19(22-14-18)24-13-12-21-15(24)2/h10-14,16-17H,3-9H2,1-2H3,(H,23,25). The van der Waals surface area contributed by atoms with E-state index in [0.717, 1.165) is 36.1 Å². The number of aryl methyl sites for hydroxylation is 1. The number of imidazole rings is 1. The Kier molecular flexibility index (Phi) is 5.84. The third-order valence-corrected chi connectivity index (χ3v) is 5.27. The van der Waals surface area contributed by atoms with Crippen LogP contribution < -0.4 is 5.32 Å². The minimum absolute atomic E-state index is 0.141. The van der Waals surface area contributed by atoms with Gasteiger partial charge in [-0.2, -0.15) is 0 Å². The third-order valence-electron chi connectivity index (χ3n) is 5.27. The zero-order chi connectivity index (χ0) is 17.6. The van der Waals surface area contributed by atoms with Crippen LogP contribution in [0.3, 0.4) is 0 Å². The fourth-order valence-corrected chi connectivity index (χ4v) is 3.67. The highest BCUT2D eigenvalue weighted by molar-refractivity contribution is 5.92. The van der Waals surface area contributed by atoms with E-state index in [-0.39, 0.29) is 11.8 Å². The second-order valence-electron chi connectivity index (χ2n) is 7.10. The molecule has 25 heavy (non-hydrogen) atoms. The second-order valence-corrected chi connectivity index (χ2v) is 7.10. The van der Waals surface area contributed by atoms with Crippen LogP contribution in [0.15, 0.2) is 30.7 Å². The lowest BCUT2D eigenvalue weighted by molar-refractivity contribution is -0.121. The fraction of sp³-hybridized carbons (Fsp3) is 0.550. The van der Waals surface area contributed by atoms with Crippen LogP contribution in [0.5, 0.6) is 0 Å². The summed E-state index contributed by atoms with van der Waals surface area (Å²) in [6.45, 7) is 4.18. The van der Waals surface area contributed by atoms with Crippen LogP contribution in [0.25, 0.3) is 5.82 Å². The normalized spacial score (nSPS) is 20.4.